The van der Waals surface area contributed by atoms with Crippen molar-refractivity contribution in [3.63, 3.8) is 0 Å². The highest BCUT2D eigenvalue weighted by Crippen LogP contribution is 2.25. The quantitative estimate of drug-likeness (QED) is 0.783. The Bertz CT molecular complexity index is 387. The number of rotatable bonds is 4. The number of hydrogen-bond donors (Lipinski definition) is 2. The molecule has 1 atom stereocenters. The molecule has 3 N–H and O–H groups in total. The first-order valence-electron chi connectivity index (χ1n) is 5.88. The minimum absolute atomic E-state index is 0.197. The molecule has 0 spiro atoms. The lowest BCUT2D eigenvalue weighted by atomic mass is 10.0. The van der Waals surface area contributed by atoms with Gasteiger partial charge in [0.1, 0.15) is 5.60 Å². The summed E-state index contributed by atoms with van der Waals surface area (Å²) in [5.74, 6) is 0. The molecule has 1 aliphatic heterocycles. The Kier molecular flexibility index (Phi) is 3.54. The summed E-state index contributed by atoms with van der Waals surface area (Å²) in [6, 6.07) is 5.88. The second-order valence-corrected chi connectivity index (χ2v) is 4.62. The zero-order valence-electron chi connectivity index (χ0n) is 10.5. The molecular weight excluding hydrogens is 216 g/mol. The summed E-state index contributed by atoms with van der Waals surface area (Å²) < 4.78 is 11.0. The first-order chi connectivity index (χ1) is 8.15. The van der Waals surface area contributed by atoms with E-state index in [2.05, 4.69) is 12.2 Å². The van der Waals surface area contributed by atoms with Crippen LogP contribution in [0.25, 0.3) is 0 Å². The lowest BCUT2D eigenvalue weighted by Crippen LogP contribution is -2.39. The molecule has 1 unspecified atom stereocenters. The molecule has 4 nitrogen and oxygen atoms in total. The number of ether oxygens (including phenoxy) is 2. The third kappa shape index (κ3) is 2.70. The fourth-order valence-corrected chi connectivity index (χ4v) is 2.05. The van der Waals surface area contributed by atoms with Gasteiger partial charge in [-0.2, -0.15) is 0 Å². The van der Waals surface area contributed by atoms with Crippen molar-refractivity contribution in [3.05, 3.63) is 23.8 Å². The molecule has 4 heteroatoms. The standard InChI is InChI=1S/C13H20N2O2/c1-10-3-4-11(14)7-12(10)15-8-13(16-2)5-6-17-9-13/h3-4,7,15H,5-6,8-9,14H2,1-2H3. The molecule has 0 aromatic heterocycles. The molecule has 94 valence electrons. The smallest absolute Gasteiger partial charge is 0.110 e. The van der Waals surface area contributed by atoms with Gasteiger partial charge in [0.05, 0.1) is 6.61 Å². The van der Waals surface area contributed by atoms with Crippen LogP contribution in [0.3, 0.4) is 0 Å². The molecule has 1 heterocycles. The highest BCUT2D eigenvalue weighted by molar-refractivity contribution is 5.59. The molecule has 1 aliphatic rings. The highest BCUT2D eigenvalue weighted by atomic mass is 16.5. The van der Waals surface area contributed by atoms with Crippen LogP contribution in [0.2, 0.25) is 0 Å². The van der Waals surface area contributed by atoms with Crippen LogP contribution < -0.4 is 11.1 Å². The minimum atomic E-state index is -0.197. The van der Waals surface area contributed by atoms with Gasteiger partial charge < -0.3 is 20.5 Å². The van der Waals surface area contributed by atoms with E-state index in [0.717, 1.165) is 30.9 Å². The first kappa shape index (κ1) is 12.2. The Hall–Kier alpha value is -1.26. The number of nitrogens with two attached hydrogens (primary N) is 1. The Morgan fingerprint density at radius 3 is 3.00 bits per heavy atom. The fourth-order valence-electron chi connectivity index (χ4n) is 2.05. The van der Waals surface area contributed by atoms with Crippen LogP contribution in [0.5, 0.6) is 0 Å². The summed E-state index contributed by atoms with van der Waals surface area (Å²) in [5, 5.41) is 3.40. The Morgan fingerprint density at radius 2 is 2.35 bits per heavy atom. The normalized spacial score (nSPS) is 23.9. The molecule has 0 aliphatic carbocycles. The van der Waals surface area contributed by atoms with Gasteiger partial charge in [0.15, 0.2) is 0 Å². The topological polar surface area (TPSA) is 56.5 Å². The van der Waals surface area contributed by atoms with Crippen LogP contribution >= 0.6 is 0 Å². The van der Waals surface area contributed by atoms with E-state index in [4.69, 9.17) is 15.2 Å². The van der Waals surface area contributed by atoms with Crippen LogP contribution in [0.4, 0.5) is 11.4 Å². The predicted octanol–water partition coefficient (Wildman–Crippen LogP) is 1.79. The van der Waals surface area contributed by atoms with Gasteiger partial charge in [-0.3, -0.25) is 0 Å². The van der Waals surface area contributed by atoms with E-state index < -0.39 is 0 Å². The molecule has 0 bridgehead atoms. The van der Waals surface area contributed by atoms with Crippen LogP contribution in [0, 0.1) is 6.92 Å². The molecule has 1 aromatic carbocycles. The average molecular weight is 236 g/mol. The average Bonchev–Trinajstić information content (AvgIpc) is 2.80. The van der Waals surface area contributed by atoms with Crippen LogP contribution in [-0.4, -0.2) is 32.5 Å². The SMILES string of the molecule is COC1(CNc2cc(N)ccc2C)CCOC1. The van der Waals surface area contributed by atoms with Gasteiger partial charge in [0, 0.05) is 38.1 Å². The van der Waals surface area contributed by atoms with Gasteiger partial charge in [-0.05, 0) is 24.6 Å². The third-order valence-corrected chi connectivity index (χ3v) is 3.36. The van der Waals surface area contributed by atoms with Gasteiger partial charge in [0.2, 0.25) is 0 Å². The summed E-state index contributed by atoms with van der Waals surface area (Å²) in [4.78, 5) is 0. The zero-order valence-corrected chi connectivity index (χ0v) is 10.5. The molecule has 17 heavy (non-hydrogen) atoms. The van der Waals surface area contributed by atoms with E-state index in [0.29, 0.717) is 6.61 Å². The van der Waals surface area contributed by atoms with E-state index in [1.54, 1.807) is 7.11 Å². The summed E-state index contributed by atoms with van der Waals surface area (Å²) in [6.07, 6.45) is 0.928. The van der Waals surface area contributed by atoms with Crippen LogP contribution in [0.1, 0.15) is 12.0 Å². The Labute approximate surface area is 102 Å². The number of anilines is 2. The number of nitrogen functional groups attached to an aromatic ring is 1. The van der Waals surface area contributed by atoms with Gasteiger partial charge in [0.25, 0.3) is 0 Å². The maximum atomic E-state index is 5.78. The molecule has 1 aromatic rings. The van der Waals surface area contributed by atoms with Crippen molar-refractivity contribution in [2.45, 2.75) is 18.9 Å². The Balaban J connectivity index is 2.03. The molecule has 1 saturated heterocycles. The molecule has 0 radical (unpaired) electrons. The minimum Gasteiger partial charge on any atom is -0.399 e. The second kappa shape index (κ2) is 4.94. The number of nitrogens with one attached hydrogen (secondary N) is 1. The van der Waals surface area contributed by atoms with Crippen molar-refractivity contribution in [1.82, 2.24) is 0 Å². The van der Waals surface area contributed by atoms with E-state index in [1.807, 2.05) is 18.2 Å². The van der Waals surface area contributed by atoms with E-state index in [-0.39, 0.29) is 5.60 Å². The summed E-state index contributed by atoms with van der Waals surface area (Å²) >= 11 is 0. The highest BCUT2D eigenvalue weighted by Gasteiger charge is 2.34. The molecule has 1 fully saturated rings. The summed E-state index contributed by atoms with van der Waals surface area (Å²) in [5.41, 5.74) is 8.60. The summed E-state index contributed by atoms with van der Waals surface area (Å²) in [7, 11) is 1.74. The summed E-state index contributed by atoms with van der Waals surface area (Å²) in [6.45, 7) is 4.23. The second-order valence-electron chi connectivity index (χ2n) is 4.62. The number of benzene rings is 1. The van der Waals surface area contributed by atoms with E-state index >= 15 is 0 Å². The molecular formula is C13H20N2O2. The van der Waals surface area contributed by atoms with Crippen molar-refractivity contribution in [2.75, 3.05) is 37.9 Å². The van der Waals surface area contributed by atoms with Gasteiger partial charge in [-0.25, -0.2) is 0 Å². The maximum absolute atomic E-state index is 5.78. The molecule has 0 saturated carbocycles. The third-order valence-electron chi connectivity index (χ3n) is 3.36. The van der Waals surface area contributed by atoms with Crippen LogP contribution in [0.15, 0.2) is 18.2 Å². The van der Waals surface area contributed by atoms with Gasteiger partial charge in [-0.15, -0.1) is 0 Å². The first-order valence-corrected chi connectivity index (χ1v) is 5.88. The number of aryl methyl sites for hydroxylation is 1. The lowest BCUT2D eigenvalue weighted by Gasteiger charge is -2.27. The maximum Gasteiger partial charge on any atom is 0.110 e. The molecule has 0 amide bonds. The number of methoxy groups -OCH3 is 1. The van der Waals surface area contributed by atoms with Crippen molar-refractivity contribution < 1.29 is 9.47 Å². The Morgan fingerprint density at radius 1 is 1.53 bits per heavy atom. The molecule has 2 rings (SSSR count). The van der Waals surface area contributed by atoms with Crippen molar-refractivity contribution in [2.24, 2.45) is 0 Å². The fraction of sp³-hybridized carbons (Fsp3) is 0.538. The zero-order chi connectivity index (χ0) is 12.3. The number of hydrogen-bond acceptors (Lipinski definition) is 4. The van der Waals surface area contributed by atoms with Gasteiger partial charge in [-0.1, -0.05) is 6.07 Å². The van der Waals surface area contributed by atoms with E-state index in [1.165, 1.54) is 5.56 Å². The van der Waals surface area contributed by atoms with Crippen molar-refractivity contribution in [1.29, 1.82) is 0 Å². The predicted molar refractivity (Wildman–Crippen MR) is 69.3 cm³/mol. The van der Waals surface area contributed by atoms with Crippen LogP contribution in [-0.2, 0) is 9.47 Å². The van der Waals surface area contributed by atoms with E-state index in [9.17, 15) is 0 Å². The lowest BCUT2D eigenvalue weighted by molar-refractivity contribution is -0.00620. The van der Waals surface area contributed by atoms with Gasteiger partial charge >= 0.3 is 0 Å². The van der Waals surface area contributed by atoms with Crippen molar-refractivity contribution >= 4 is 11.4 Å². The van der Waals surface area contributed by atoms with Crippen molar-refractivity contribution in [3.8, 4) is 0 Å². The largest absolute Gasteiger partial charge is 0.399 e. The monoisotopic (exact) mass is 236 g/mol.